The first-order valence-corrected chi connectivity index (χ1v) is 3.39. The summed E-state index contributed by atoms with van der Waals surface area (Å²) < 4.78 is 0. The minimum Gasteiger partial charge on any atom is -0.0620 e. The molecule has 2 saturated carbocycles. The average molecular weight is 96.2 g/mol. The van der Waals surface area contributed by atoms with Gasteiger partial charge in [-0.15, -0.1) is 0 Å². The summed E-state index contributed by atoms with van der Waals surface area (Å²) in [6.45, 7) is 2.40. The molecule has 0 N–H and O–H groups in total. The van der Waals surface area contributed by atoms with E-state index in [9.17, 15) is 0 Å². The second kappa shape index (κ2) is 1.04. The van der Waals surface area contributed by atoms with Gasteiger partial charge in [0.15, 0.2) is 0 Å². The Hall–Kier alpha value is 0. The Balaban J connectivity index is 2.06. The van der Waals surface area contributed by atoms with Crippen LogP contribution in [-0.4, -0.2) is 0 Å². The fourth-order valence-electron chi connectivity index (χ4n) is 2.18. The van der Waals surface area contributed by atoms with E-state index in [-0.39, 0.29) is 0 Å². The topological polar surface area (TPSA) is 0 Å². The molecule has 2 atom stereocenters. The lowest BCUT2D eigenvalue weighted by Crippen LogP contribution is -1.77. The molecule has 0 saturated heterocycles. The van der Waals surface area contributed by atoms with Crippen LogP contribution in [0, 0.1) is 17.8 Å². The largest absolute Gasteiger partial charge is 0.0620 e. The first-order chi connectivity index (χ1) is 3.39. The molecule has 0 aromatic heterocycles. The minimum atomic E-state index is 1.12. The second-order valence-corrected chi connectivity index (χ2v) is 3.12. The molecule has 0 aliphatic heterocycles. The van der Waals surface area contributed by atoms with Crippen molar-refractivity contribution >= 4 is 0 Å². The van der Waals surface area contributed by atoms with Gasteiger partial charge >= 0.3 is 0 Å². The summed E-state index contributed by atoms with van der Waals surface area (Å²) in [5.41, 5.74) is 0. The summed E-state index contributed by atoms with van der Waals surface area (Å²) in [5, 5.41) is 0. The van der Waals surface area contributed by atoms with Gasteiger partial charge in [0.1, 0.15) is 0 Å². The van der Waals surface area contributed by atoms with Crippen LogP contribution in [-0.2, 0) is 0 Å². The maximum atomic E-state index is 2.40. The van der Waals surface area contributed by atoms with Gasteiger partial charge in [-0.25, -0.2) is 0 Å². The van der Waals surface area contributed by atoms with E-state index < -0.39 is 0 Å². The molecule has 7 heavy (non-hydrogen) atoms. The van der Waals surface area contributed by atoms with Crippen LogP contribution in [0.3, 0.4) is 0 Å². The van der Waals surface area contributed by atoms with Crippen LogP contribution in [0.5, 0.6) is 0 Å². The van der Waals surface area contributed by atoms with Crippen molar-refractivity contribution < 1.29 is 0 Å². The van der Waals surface area contributed by atoms with Gasteiger partial charge in [0.05, 0.1) is 0 Å². The molecule has 40 valence electrons. The number of fused-ring (bicyclic) bond motifs is 1. The summed E-state index contributed by atoms with van der Waals surface area (Å²) in [6.07, 6.45) is 4.62. The molecule has 2 rings (SSSR count). The van der Waals surface area contributed by atoms with E-state index in [1.165, 1.54) is 18.3 Å². The Morgan fingerprint density at radius 3 is 2.00 bits per heavy atom. The van der Waals surface area contributed by atoms with Crippen LogP contribution in [0.1, 0.15) is 26.2 Å². The van der Waals surface area contributed by atoms with Crippen molar-refractivity contribution in [2.45, 2.75) is 26.2 Å². The van der Waals surface area contributed by atoms with E-state index in [0.29, 0.717) is 0 Å². The van der Waals surface area contributed by atoms with Crippen LogP contribution < -0.4 is 0 Å². The quantitative estimate of drug-likeness (QED) is 0.433. The lowest BCUT2D eigenvalue weighted by atomic mass is 10.2. The SMILES string of the molecule is CC1C2CCCC12. The molecule has 0 aromatic carbocycles. The van der Waals surface area contributed by atoms with Gasteiger partial charge in [0, 0.05) is 0 Å². The average Bonchev–Trinajstić information content (AvgIpc) is 2.26. The zero-order valence-electron chi connectivity index (χ0n) is 4.85. The number of hydrogen-bond acceptors (Lipinski definition) is 0. The zero-order valence-corrected chi connectivity index (χ0v) is 4.85. The highest BCUT2D eigenvalue weighted by atomic mass is 14.5. The van der Waals surface area contributed by atoms with Crippen molar-refractivity contribution in [1.82, 2.24) is 0 Å². The van der Waals surface area contributed by atoms with E-state index >= 15 is 0 Å². The van der Waals surface area contributed by atoms with Crippen molar-refractivity contribution in [3.05, 3.63) is 0 Å². The van der Waals surface area contributed by atoms with Crippen molar-refractivity contribution in [2.24, 2.45) is 17.8 Å². The highest BCUT2D eigenvalue weighted by Crippen LogP contribution is 2.56. The van der Waals surface area contributed by atoms with Gasteiger partial charge in [-0.05, 0) is 30.6 Å². The Morgan fingerprint density at radius 1 is 1.14 bits per heavy atom. The van der Waals surface area contributed by atoms with Gasteiger partial charge in [-0.3, -0.25) is 0 Å². The highest BCUT2D eigenvalue weighted by Gasteiger charge is 2.48. The third kappa shape index (κ3) is 0.375. The Morgan fingerprint density at radius 2 is 1.71 bits per heavy atom. The van der Waals surface area contributed by atoms with Crippen molar-refractivity contribution in [3.8, 4) is 0 Å². The standard InChI is InChI=1S/C7H12/c1-5-6-3-2-4-7(5)6/h5-7H,2-4H2,1H3. The molecule has 0 radical (unpaired) electrons. The Bertz CT molecular complexity index is 76.0. The van der Waals surface area contributed by atoms with Crippen LogP contribution in [0.25, 0.3) is 0 Å². The smallest absolute Gasteiger partial charge is 0.0355 e. The van der Waals surface area contributed by atoms with Crippen LogP contribution in [0.4, 0.5) is 0 Å². The molecule has 2 fully saturated rings. The molecule has 0 bridgehead atoms. The zero-order chi connectivity index (χ0) is 4.85. The van der Waals surface area contributed by atoms with Crippen LogP contribution >= 0.6 is 0 Å². The summed E-state index contributed by atoms with van der Waals surface area (Å²) in [6, 6.07) is 0. The predicted octanol–water partition coefficient (Wildman–Crippen LogP) is 2.05. The fourth-order valence-corrected chi connectivity index (χ4v) is 2.18. The summed E-state index contributed by atoms with van der Waals surface area (Å²) in [7, 11) is 0. The summed E-state index contributed by atoms with van der Waals surface area (Å²) >= 11 is 0. The van der Waals surface area contributed by atoms with E-state index in [2.05, 4.69) is 6.92 Å². The van der Waals surface area contributed by atoms with E-state index in [1.54, 1.807) is 12.8 Å². The molecule has 0 spiro atoms. The summed E-state index contributed by atoms with van der Waals surface area (Å²) in [4.78, 5) is 0. The molecule has 0 heteroatoms. The maximum Gasteiger partial charge on any atom is -0.0355 e. The lowest BCUT2D eigenvalue weighted by Gasteiger charge is -1.89. The molecule has 2 aliphatic carbocycles. The van der Waals surface area contributed by atoms with Crippen molar-refractivity contribution in [2.75, 3.05) is 0 Å². The van der Waals surface area contributed by atoms with Crippen LogP contribution in [0.15, 0.2) is 0 Å². The normalized spacial score (nSPS) is 57.0. The lowest BCUT2D eigenvalue weighted by molar-refractivity contribution is 0.628. The van der Waals surface area contributed by atoms with E-state index in [0.717, 1.165) is 5.92 Å². The van der Waals surface area contributed by atoms with E-state index in [1.807, 2.05) is 0 Å². The first-order valence-electron chi connectivity index (χ1n) is 3.39. The molecule has 2 aliphatic rings. The molecular formula is C7H12. The third-order valence-electron chi connectivity index (χ3n) is 2.83. The van der Waals surface area contributed by atoms with Gasteiger partial charge in [0.2, 0.25) is 0 Å². The molecule has 0 amide bonds. The molecule has 0 aromatic rings. The van der Waals surface area contributed by atoms with Gasteiger partial charge < -0.3 is 0 Å². The van der Waals surface area contributed by atoms with Gasteiger partial charge in [0.25, 0.3) is 0 Å². The molecule has 0 heterocycles. The van der Waals surface area contributed by atoms with Crippen molar-refractivity contribution in [3.63, 3.8) is 0 Å². The summed E-state index contributed by atoms with van der Waals surface area (Å²) in [5.74, 6) is 3.48. The second-order valence-electron chi connectivity index (χ2n) is 3.12. The first kappa shape index (κ1) is 3.94. The maximum absolute atomic E-state index is 2.40. The number of rotatable bonds is 0. The van der Waals surface area contributed by atoms with Gasteiger partial charge in [-0.1, -0.05) is 13.3 Å². The van der Waals surface area contributed by atoms with Gasteiger partial charge in [-0.2, -0.15) is 0 Å². The fraction of sp³-hybridized carbons (Fsp3) is 1.00. The molecular weight excluding hydrogens is 84.1 g/mol. The Kier molecular flexibility index (Phi) is 0.586. The molecule has 0 nitrogen and oxygen atoms in total. The minimum absolute atomic E-state index is 1.12. The molecule has 2 unspecified atom stereocenters. The highest BCUT2D eigenvalue weighted by molar-refractivity contribution is 4.98. The van der Waals surface area contributed by atoms with Crippen LogP contribution in [0.2, 0.25) is 0 Å². The Labute approximate surface area is 44.9 Å². The third-order valence-corrected chi connectivity index (χ3v) is 2.83. The van der Waals surface area contributed by atoms with E-state index in [4.69, 9.17) is 0 Å². The number of hydrogen-bond donors (Lipinski definition) is 0. The predicted molar refractivity (Wildman–Crippen MR) is 30.0 cm³/mol. The van der Waals surface area contributed by atoms with Crippen molar-refractivity contribution in [1.29, 1.82) is 0 Å². The monoisotopic (exact) mass is 96.1 g/mol.